The molecule has 0 bridgehead atoms. The molecule has 0 saturated carbocycles. The number of aromatic nitrogens is 1. The van der Waals surface area contributed by atoms with Crippen LogP contribution < -0.4 is 5.32 Å². The van der Waals surface area contributed by atoms with E-state index in [0.717, 1.165) is 49.8 Å². The molecule has 20 heavy (non-hydrogen) atoms. The first-order chi connectivity index (χ1) is 9.63. The Labute approximate surface area is 121 Å². The van der Waals surface area contributed by atoms with Crippen molar-refractivity contribution in [1.29, 1.82) is 0 Å². The van der Waals surface area contributed by atoms with Crippen LogP contribution in [0.5, 0.6) is 0 Å². The second-order valence-electron chi connectivity index (χ2n) is 5.27. The normalized spacial score (nSPS) is 16.2. The lowest BCUT2D eigenvalue weighted by molar-refractivity contribution is 0.0637. The molecule has 2 rings (SSSR count). The molecule has 1 aromatic heterocycles. The van der Waals surface area contributed by atoms with Crippen molar-refractivity contribution >= 4 is 11.7 Å². The molecule has 1 aromatic rings. The van der Waals surface area contributed by atoms with Crippen LogP contribution in [0.15, 0.2) is 12.1 Å². The Morgan fingerprint density at radius 1 is 1.30 bits per heavy atom. The van der Waals surface area contributed by atoms with Gasteiger partial charge in [0.15, 0.2) is 0 Å². The van der Waals surface area contributed by atoms with Gasteiger partial charge in [-0.15, -0.1) is 0 Å². The van der Waals surface area contributed by atoms with Gasteiger partial charge in [0.1, 0.15) is 5.82 Å². The number of hydrogen-bond donors (Lipinski definition) is 1. The number of hydrogen-bond acceptors (Lipinski definition) is 4. The third kappa shape index (κ3) is 3.48. The number of amides is 1. The number of carbonyl (C=O) groups excluding carboxylic acids is 1. The van der Waals surface area contributed by atoms with Gasteiger partial charge in [-0.2, -0.15) is 0 Å². The highest BCUT2D eigenvalue weighted by Gasteiger charge is 2.22. The third-order valence-electron chi connectivity index (χ3n) is 3.66. The third-order valence-corrected chi connectivity index (χ3v) is 3.66. The Balaban J connectivity index is 2.03. The van der Waals surface area contributed by atoms with E-state index >= 15 is 0 Å². The Hall–Kier alpha value is -1.62. The molecule has 0 spiro atoms. The number of nitrogens with zero attached hydrogens (tertiary/aromatic N) is 3. The minimum absolute atomic E-state index is 0.114. The van der Waals surface area contributed by atoms with Crippen LogP contribution in [0.3, 0.4) is 0 Å². The van der Waals surface area contributed by atoms with Gasteiger partial charge in [0, 0.05) is 44.5 Å². The summed E-state index contributed by atoms with van der Waals surface area (Å²) >= 11 is 0. The van der Waals surface area contributed by atoms with Gasteiger partial charge in [0.2, 0.25) is 0 Å². The fraction of sp³-hybridized carbons (Fsp3) is 0.600. The summed E-state index contributed by atoms with van der Waals surface area (Å²) in [6.07, 6.45) is 1.17. The summed E-state index contributed by atoms with van der Waals surface area (Å²) in [6.45, 7) is 8.81. The van der Waals surface area contributed by atoms with Crippen LogP contribution in [0.25, 0.3) is 0 Å². The van der Waals surface area contributed by atoms with Crippen LogP contribution in [-0.4, -0.2) is 60.5 Å². The van der Waals surface area contributed by atoms with Gasteiger partial charge in [-0.05, 0) is 32.0 Å². The Bertz CT molecular complexity index is 467. The van der Waals surface area contributed by atoms with Crippen LogP contribution in [0, 0.1) is 6.92 Å². The van der Waals surface area contributed by atoms with Gasteiger partial charge in [0.25, 0.3) is 5.91 Å². The maximum absolute atomic E-state index is 12.5. The Morgan fingerprint density at radius 3 is 2.60 bits per heavy atom. The molecule has 2 heterocycles. The molecular formula is C15H24N4O. The smallest absolute Gasteiger partial charge is 0.254 e. The zero-order valence-corrected chi connectivity index (χ0v) is 12.6. The van der Waals surface area contributed by atoms with Crippen LogP contribution in [0.2, 0.25) is 0 Å². The minimum atomic E-state index is 0.114. The zero-order chi connectivity index (χ0) is 14.5. The molecule has 1 fully saturated rings. The average molecular weight is 276 g/mol. The highest BCUT2D eigenvalue weighted by atomic mass is 16.2. The average Bonchev–Trinajstić information content (AvgIpc) is 2.47. The molecule has 0 radical (unpaired) electrons. The second kappa shape index (κ2) is 6.70. The monoisotopic (exact) mass is 276 g/mol. The Morgan fingerprint density at radius 2 is 2.00 bits per heavy atom. The quantitative estimate of drug-likeness (QED) is 0.907. The summed E-state index contributed by atoms with van der Waals surface area (Å²) in [4.78, 5) is 21.2. The molecule has 5 heteroatoms. The lowest BCUT2D eigenvalue weighted by atomic mass is 10.1. The van der Waals surface area contributed by atoms with E-state index in [9.17, 15) is 4.79 Å². The summed E-state index contributed by atoms with van der Waals surface area (Å²) in [5.74, 6) is 0.862. The van der Waals surface area contributed by atoms with E-state index in [2.05, 4.69) is 22.1 Å². The molecule has 110 valence electrons. The number of piperazine rings is 1. The predicted octanol–water partition coefficient (Wildman–Crippen LogP) is 1.60. The first kappa shape index (κ1) is 14.8. The number of nitrogens with one attached hydrogen (secondary N) is 1. The first-order valence-electron chi connectivity index (χ1n) is 7.32. The van der Waals surface area contributed by atoms with E-state index in [1.54, 1.807) is 0 Å². The Kier molecular flexibility index (Phi) is 4.95. The summed E-state index contributed by atoms with van der Waals surface area (Å²) in [6, 6.07) is 3.69. The number of aryl methyl sites for hydroxylation is 1. The van der Waals surface area contributed by atoms with Gasteiger partial charge < -0.3 is 10.2 Å². The lowest BCUT2D eigenvalue weighted by Crippen LogP contribution is -2.48. The van der Waals surface area contributed by atoms with Crippen molar-refractivity contribution in [2.24, 2.45) is 0 Å². The van der Waals surface area contributed by atoms with E-state index in [4.69, 9.17) is 0 Å². The zero-order valence-electron chi connectivity index (χ0n) is 12.6. The van der Waals surface area contributed by atoms with Gasteiger partial charge in [-0.1, -0.05) is 6.92 Å². The molecule has 5 nitrogen and oxygen atoms in total. The predicted molar refractivity (Wildman–Crippen MR) is 81.2 cm³/mol. The lowest BCUT2D eigenvalue weighted by Gasteiger charge is -2.34. The highest BCUT2D eigenvalue weighted by molar-refractivity contribution is 5.95. The summed E-state index contributed by atoms with van der Waals surface area (Å²) in [7, 11) is 1.82. The summed E-state index contributed by atoms with van der Waals surface area (Å²) in [5.41, 5.74) is 1.59. The SMILES string of the molecule is CCCN1CCN(C(=O)c2cc(C)nc(NC)c2)CC1. The van der Waals surface area contributed by atoms with Gasteiger partial charge in [0.05, 0.1) is 0 Å². The molecule has 0 aliphatic carbocycles. The summed E-state index contributed by atoms with van der Waals surface area (Å²) < 4.78 is 0. The van der Waals surface area contributed by atoms with E-state index < -0.39 is 0 Å². The minimum Gasteiger partial charge on any atom is -0.373 e. The van der Waals surface area contributed by atoms with Crippen LogP contribution >= 0.6 is 0 Å². The van der Waals surface area contributed by atoms with Crippen molar-refractivity contribution in [2.75, 3.05) is 45.1 Å². The van der Waals surface area contributed by atoms with Crippen molar-refractivity contribution < 1.29 is 4.79 Å². The van der Waals surface area contributed by atoms with E-state index in [0.29, 0.717) is 0 Å². The molecule has 1 aliphatic rings. The fourth-order valence-electron chi connectivity index (χ4n) is 2.59. The van der Waals surface area contributed by atoms with Crippen molar-refractivity contribution in [3.63, 3.8) is 0 Å². The molecule has 1 N–H and O–H groups in total. The molecule has 1 amide bonds. The number of carbonyl (C=O) groups is 1. The van der Waals surface area contributed by atoms with Gasteiger partial charge in [-0.3, -0.25) is 9.69 Å². The number of rotatable bonds is 4. The van der Waals surface area contributed by atoms with Gasteiger partial charge in [-0.25, -0.2) is 4.98 Å². The topological polar surface area (TPSA) is 48.5 Å². The van der Waals surface area contributed by atoms with Crippen molar-refractivity contribution in [3.05, 3.63) is 23.4 Å². The van der Waals surface area contributed by atoms with Crippen LogP contribution in [0.1, 0.15) is 29.4 Å². The molecule has 0 unspecified atom stereocenters. The maximum Gasteiger partial charge on any atom is 0.254 e. The van der Waals surface area contributed by atoms with Crippen molar-refractivity contribution in [3.8, 4) is 0 Å². The van der Waals surface area contributed by atoms with E-state index in [1.165, 1.54) is 6.42 Å². The standard InChI is InChI=1S/C15H24N4O/c1-4-5-18-6-8-19(9-7-18)15(20)13-10-12(2)17-14(11-13)16-3/h10-11H,4-9H2,1-3H3,(H,16,17). The second-order valence-corrected chi connectivity index (χ2v) is 5.27. The van der Waals surface area contributed by atoms with Crippen molar-refractivity contribution in [1.82, 2.24) is 14.8 Å². The molecular weight excluding hydrogens is 252 g/mol. The number of anilines is 1. The number of pyridine rings is 1. The molecule has 1 aliphatic heterocycles. The summed E-state index contributed by atoms with van der Waals surface area (Å²) in [5, 5.41) is 3.00. The van der Waals surface area contributed by atoms with E-state index in [1.807, 2.05) is 31.0 Å². The fourth-order valence-corrected chi connectivity index (χ4v) is 2.59. The largest absolute Gasteiger partial charge is 0.373 e. The maximum atomic E-state index is 12.5. The van der Waals surface area contributed by atoms with Crippen molar-refractivity contribution in [2.45, 2.75) is 20.3 Å². The molecule has 0 atom stereocenters. The van der Waals surface area contributed by atoms with E-state index in [-0.39, 0.29) is 5.91 Å². The highest BCUT2D eigenvalue weighted by Crippen LogP contribution is 2.14. The molecule has 1 saturated heterocycles. The van der Waals surface area contributed by atoms with Crippen LogP contribution in [-0.2, 0) is 0 Å². The van der Waals surface area contributed by atoms with Crippen LogP contribution in [0.4, 0.5) is 5.82 Å². The first-order valence-corrected chi connectivity index (χ1v) is 7.32. The van der Waals surface area contributed by atoms with Gasteiger partial charge >= 0.3 is 0 Å². The molecule has 0 aromatic carbocycles.